The quantitative estimate of drug-likeness (QED) is 0.653. The number of aromatic hydroxyl groups is 1. The van der Waals surface area contributed by atoms with Crippen LogP contribution in [0, 0.1) is 17.3 Å². The van der Waals surface area contributed by atoms with Gasteiger partial charge in [-0.25, -0.2) is 8.42 Å². The molecule has 0 bridgehead atoms. The van der Waals surface area contributed by atoms with Crippen LogP contribution in [-0.4, -0.2) is 24.2 Å². The molecule has 5 nitrogen and oxygen atoms in total. The maximum Gasteiger partial charge on any atom is 0.217 e. The number of phenolic OH excluding ortho intramolecular Hbond substituents is 1. The molecule has 4 rings (SSSR count). The Morgan fingerprint density at radius 3 is 2.79 bits per heavy atom. The Morgan fingerprint density at radius 2 is 2.04 bits per heavy atom. The highest BCUT2D eigenvalue weighted by Crippen LogP contribution is 2.61. The van der Waals surface area contributed by atoms with Gasteiger partial charge in [-0.1, -0.05) is 13.0 Å². The summed E-state index contributed by atoms with van der Waals surface area (Å²) >= 11 is 0. The Hall–Kier alpha value is -1.11. The van der Waals surface area contributed by atoms with E-state index in [0.717, 1.165) is 32.1 Å². The van der Waals surface area contributed by atoms with E-state index in [1.165, 1.54) is 11.1 Å². The Balaban J connectivity index is 1.63. The van der Waals surface area contributed by atoms with Crippen molar-refractivity contribution in [2.45, 2.75) is 57.5 Å². The first-order valence-corrected chi connectivity index (χ1v) is 10.1. The molecule has 1 N–H and O–H groups in total. The predicted molar refractivity (Wildman–Crippen MR) is 87.3 cm³/mol. The number of fused-ring (bicyclic) bond motifs is 5. The van der Waals surface area contributed by atoms with Gasteiger partial charge in [0.15, 0.2) is 0 Å². The third-order valence-corrected chi connectivity index (χ3v) is 7.33. The molecule has 6 heteroatoms. The fraction of sp³-hybridized carbons (Fsp3) is 0.667. The summed E-state index contributed by atoms with van der Waals surface area (Å²) in [5.41, 5.74) is 2.35. The van der Waals surface area contributed by atoms with Crippen LogP contribution in [0.4, 0.5) is 0 Å². The van der Waals surface area contributed by atoms with E-state index in [9.17, 15) is 18.1 Å². The van der Waals surface area contributed by atoms with Crippen LogP contribution in [0.15, 0.2) is 18.2 Å². The van der Waals surface area contributed by atoms with Gasteiger partial charge in [-0.3, -0.25) is 4.18 Å². The van der Waals surface area contributed by atoms with Gasteiger partial charge < -0.3 is 9.66 Å². The summed E-state index contributed by atoms with van der Waals surface area (Å²) in [7, 11) is -4.66. The maximum atomic E-state index is 11.1. The van der Waals surface area contributed by atoms with Crippen LogP contribution < -0.4 is 0 Å². The number of aryl methyl sites for hydroxylation is 1. The van der Waals surface area contributed by atoms with Crippen LogP contribution in [0.1, 0.15) is 56.1 Å². The summed E-state index contributed by atoms with van der Waals surface area (Å²) in [5.74, 6) is 1.69. The zero-order valence-corrected chi connectivity index (χ0v) is 14.6. The first kappa shape index (κ1) is 16.4. The second-order valence-electron chi connectivity index (χ2n) is 7.91. The van der Waals surface area contributed by atoms with Crippen molar-refractivity contribution in [3.63, 3.8) is 0 Å². The van der Waals surface area contributed by atoms with E-state index in [4.69, 9.17) is 4.18 Å². The van der Waals surface area contributed by atoms with Crippen LogP contribution in [0.3, 0.4) is 0 Å². The van der Waals surface area contributed by atoms with E-state index in [1.54, 1.807) is 6.07 Å². The second-order valence-corrected chi connectivity index (χ2v) is 8.92. The summed E-state index contributed by atoms with van der Waals surface area (Å²) in [6, 6.07) is 5.69. The highest BCUT2D eigenvalue weighted by molar-refractivity contribution is 7.80. The standard InChI is InChI=1S/C18H24O5S/c1-18-9-8-14-13-5-3-12(19)10-11(13)2-4-15(14)16(18)6-7-17(18)23-24(20,21)22/h3,5,10,14-17,19H,2,4,6-9H2,1H3,(H,20,21,22)/p-1/t14-,15-,16+,17+,18+/m1/s1. The van der Waals surface area contributed by atoms with Crippen molar-refractivity contribution in [1.82, 2.24) is 0 Å². The zero-order valence-electron chi connectivity index (χ0n) is 13.8. The lowest BCUT2D eigenvalue weighted by molar-refractivity contribution is -0.0126. The molecule has 1 aromatic carbocycles. The van der Waals surface area contributed by atoms with Gasteiger partial charge in [-0.15, -0.1) is 0 Å². The summed E-state index contributed by atoms with van der Waals surface area (Å²) in [4.78, 5) is 0. The lowest BCUT2D eigenvalue weighted by atomic mass is 9.55. The highest BCUT2D eigenvalue weighted by atomic mass is 32.3. The molecule has 3 aliphatic carbocycles. The molecular weight excluding hydrogens is 328 g/mol. The van der Waals surface area contributed by atoms with Crippen LogP contribution >= 0.6 is 0 Å². The van der Waals surface area contributed by atoms with Gasteiger partial charge in [0.1, 0.15) is 5.75 Å². The van der Waals surface area contributed by atoms with Crippen LogP contribution in [0.2, 0.25) is 0 Å². The number of phenols is 1. The van der Waals surface area contributed by atoms with E-state index in [2.05, 4.69) is 13.0 Å². The average Bonchev–Trinajstić information content (AvgIpc) is 2.82. The topological polar surface area (TPSA) is 86.7 Å². The van der Waals surface area contributed by atoms with Crippen LogP contribution in [0.5, 0.6) is 5.75 Å². The summed E-state index contributed by atoms with van der Waals surface area (Å²) in [6.45, 7) is 2.10. The zero-order chi connectivity index (χ0) is 17.1. The third-order valence-electron chi connectivity index (χ3n) is 6.86. The normalized spacial score (nSPS) is 38.2. The lowest BCUT2D eigenvalue weighted by Crippen LogP contribution is -2.45. The van der Waals surface area contributed by atoms with E-state index in [0.29, 0.717) is 29.9 Å². The monoisotopic (exact) mass is 351 g/mol. The van der Waals surface area contributed by atoms with Gasteiger partial charge in [-0.2, -0.15) is 0 Å². The van der Waals surface area contributed by atoms with Gasteiger partial charge >= 0.3 is 0 Å². The van der Waals surface area contributed by atoms with Crippen molar-refractivity contribution < 1.29 is 22.3 Å². The summed E-state index contributed by atoms with van der Waals surface area (Å²) in [5, 5.41) is 9.72. The second kappa shape index (κ2) is 5.44. The SMILES string of the molecule is C[C@]12CC[C@@H]3c4ccc(O)cc4CC[C@H]3[C@@H]1CC[C@@H]2OS(=O)(=O)[O-]. The fourth-order valence-electron chi connectivity index (χ4n) is 5.82. The Morgan fingerprint density at radius 1 is 1.25 bits per heavy atom. The van der Waals surface area contributed by atoms with Gasteiger partial charge in [0, 0.05) is 0 Å². The molecule has 5 atom stereocenters. The molecular formula is C18H23O5S-. The van der Waals surface area contributed by atoms with Crippen molar-refractivity contribution >= 4 is 10.4 Å². The van der Waals surface area contributed by atoms with Gasteiger partial charge in [0.25, 0.3) is 0 Å². The Labute approximate surface area is 143 Å². The predicted octanol–water partition coefficient (Wildman–Crippen LogP) is 3.09. The molecule has 0 saturated heterocycles. The number of hydrogen-bond acceptors (Lipinski definition) is 5. The van der Waals surface area contributed by atoms with Gasteiger partial charge in [-0.05, 0) is 85.0 Å². The molecule has 132 valence electrons. The van der Waals surface area contributed by atoms with E-state index in [1.807, 2.05) is 6.07 Å². The Kier molecular flexibility index (Phi) is 3.71. The van der Waals surface area contributed by atoms with Crippen molar-refractivity contribution in [3.05, 3.63) is 29.3 Å². The molecule has 2 fully saturated rings. The molecule has 0 unspecified atom stereocenters. The number of benzene rings is 1. The molecule has 0 aromatic heterocycles. The fourth-order valence-corrected chi connectivity index (χ4v) is 6.42. The molecule has 0 radical (unpaired) electrons. The molecule has 24 heavy (non-hydrogen) atoms. The highest BCUT2D eigenvalue weighted by Gasteiger charge is 2.55. The van der Waals surface area contributed by atoms with Gasteiger partial charge in [0.2, 0.25) is 10.4 Å². The van der Waals surface area contributed by atoms with Crippen LogP contribution in [-0.2, 0) is 21.0 Å². The smallest absolute Gasteiger partial charge is 0.217 e. The van der Waals surface area contributed by atoms with Crippen molar-refractivity contribution in [2.24, 2.45) is 17.3 Å². The average molecular weight is 351 g/mol. The molecule has 0 spiro atoms. The minimum absolute atomic E-state index is 0.229. The van der Waals surface area contributed by atoms with Crippen LogP contribution in [0.25, 0.3) is 0 Å². The summed E-state index contributed by atoms with van der Waals surface area (Å²) < 4.78 is 38.2. The van der Waals surface area contributed by atoms with Gasteiger partial charge in [0.05, 0.1) is 6.10 Å². The number of rotatable bonds is 2. The number of hydrogen-bond donors (Lipinski definition) is 1. The summed E-state index contributed by atoms with van der Waals surface area (Å²) in [6.07, 6.45) is 4.95. The van der Waals surface area contributed by atoms with E-state index < -0.39 is 16.5 Å². The molecule has 1 aromatic rings. The van der Waals surface area contributed by atoms with E-state index >= 15 is 0 Å². The first-order chi connectivity index (χ1) is 11.3. The molecule has 2 saturated carbocycles. The first-order valence-electron chi connectivity index (χ1n) is 8.74. The van der Waals surface area contributed by atoms with Crippen molar-refractivity contribution in [1.29, 1.82) is 0 Å². The minimum atomic E-state index is -4.66. The molecule has 0 heterocycles. The largest absolute Gasteiger partial charge is 0.726 e. The lowest BCUT2D eigenvalue weighted by Gasteiger charge is -2.50. The maximum absolute atomic E-state index is 11.1. The molecule has 0 amide bonds. The molecule has 0 aliphatic heterocycles. The third kappa shape index (κ3) is 2.55. The molecule has 3 aliphatic rings. The van der Waals surface area contributed by atoms with E-state index in [-0.39, 0.29) is 5.41 Å². The minimum Gasteiger partial charge on any atom is -0.726 e. The van der Waals surface area contributed by atoms with Crippen molar-refractivity contribution in [3.8, 4) is 5.75 Å². The Bertz CT molecular complexity index is 759. The van der Waals surface area contributed by atoms with Crippen molar-refractivity contribution in [2.75, 3.05) is 0 Å².